The molecule has 0 unspecified atom stereocenters. The Morgan fingerprint density at radius 3 is 1.15 bits per heavy atom. The zero-order valence-electron chi connectivity index (χ0n) is 44.8. The van der Waals surface area contributed by atoms with Crippen molar-refractivity contribution in [1.29, 1.82) is 0 Å². The van der Waals surface area contributed by atoms with E-state index in [-0.39, 0.29) is 0 Å². The van der Waals surface area contributed by atoms with E-state index in [2.05, 4.69) is 325 Å². The van der Waals surface area contributed by atoms with Crippen LogP contribution >= 0.6 is 0 Å². The van der Waals surface area contributed by atoms with E-state index in [9.17, 15) is 0 Å². The molecule has 15 rings (SSSR count). The zero-order valence-corrected chi connectivity index (χ0v) is 46.8. The van der Waals surface area contributed by atoms with Crippen molar-refractivity contribution in [2.24, 2.45) is 0 Å². The van der Waals surface area contributed by atoms with Gasteiger partial charge in [-0.2, -0.15) is 9.97 Å². The molecule has 7 heteroatoms. The van der Waals surface area contributed by atoms with Gasteiger partial charge in [0.25, 0.3) is 0 Å². The Kier molecular flexibility index (Phi) is 12.1. The first-order chi connectivity index (χ1) is 40.7. The summed E-state index contributed by atoms with van der Waals surface area (Å²) in [6, 6.07) is 118. The minimum atomic E-state index is -2.96. The van der Waals surface area contributed by atoms with Crippen LogP contribution in [0.15, 0.2) is 322 Å². The number of aromatic nitrogens is 5. The average molecular weight is 1080 g/mol. The molecule has 0 fully saturated rings. The van der Waals surface area contributed by atoms with Gasteiger partial charge in [0.1, 0.15) is 0 Å². The predicted octanol–water partition coefficient (Wildman–Crippen LogP) is 12.2. The molecule has 0 aliphatic rings. The molecule has 0 atom stereocenters. The fraction of sp³-hybridized carbons (Fsp3) is 0. The van der Waals surface area contributed by atoms with Crippen molar-refractivity contribution >= 4 is 101 Å². The van der Waals surface area contributed by atoms with Gasteiger partial charge >= 0.3 is 0 Å². The molecule has 0 saturated heterocycles. The number of benzene rings is 12. The molecule has 0 spiro atoms. The highest BCUT2D eigenvalue weighted by molar-refractivity contribution is 7.20. The molecular formula is C75H53N5Si2. The van der Waals surface area contributed by atoms with Crippen LogP contribution in [0.25, 0.3) is 78.0 Å². The van der Waals surface area contributed by atoms with E-state index < -0.39 is 16.1 Å². The van der Waals surface area contributed by atoms with E-state index in [0.29, 0.717) is 17.6 Å². The third-order valence-electron chi connectivity index (χ3n) is 16.7. The van der Waals surface area contributed by atoms with Crippen LogP contribution in [0.4, 0.5) is 0 Å². The first-order valence-electron chi connectivity index (χ1n) is 28.0. The Hall–Kier alpha value is -10.3. The van der Waals surface area contributed by atoms with Crippen molar-refractivity contribution in [3.63, 3.8) is 0 Å². The summed E-state index contributed by atoms with van der Waals surface area (Å²) in [6.07, 6.45) is 0. The topological polar surface area (TPSA) is 48.5 Å². The first-order valence-corrected chi connectivity index (χ1v) is 32.0. The summed E-state index contributed by atoms with van der Waals surface area (Å²) >= 11 is 0. The van der Waals surface area contributed by atoms with Crippen LogP contribution in [0, 0.1) is 0 Å². The maximum absolute atomic E-state index is 5.74. The van der Waals surface area contributed by atoms with Gasteiger partial charge in [-0.25, -0.2) is 4.98 Å². The molecule has 0 N–H and O–H groups in total. The number of para-hydroxylation sites is 2. The molecular weight excluding hydrogens is 1030 g/mol. The number of hydrogen-bond donors (Lipinski definition) is 0. The standard InChI is InChI=1S/C75H53N5Si2/c1-9-28-54(29-10-1)73-76-74(55-30-27-45-63(52-55)81(57-33-13-3-14-34-57,58-35-15-4-16-36-58)59-37-17-5-18-38-59)78-75(77-73)80-69-50-48-64(82(60-39-19-6-20-40-60,61-41-21-7-22-42-61)62-43-23-8-24-44-62)53-67(69)65-49-51-70-71(72(65)80)66-46-25-26-47-68(66)79(70)56-31-11-2-12-32-56/h1-53H. The molecule has 3 aromatic heterocycles. The molecule has 82 heavy (non-hydrogen) atoms. The van der Waals surface area contributed by atoms with Gasteiger partial charge in [-0.15, -0.1) is 0 Å². The maximum Gasteiger partial charge on any atom is 0.238 e. The second-order valence-electron chi connectivity index (χ2n) is 21.0. The van der Waals surface area contributed by atoms with Gasteiger partial charge in [-0.05, 0) is 71.8 Å². The van der Waals surface area contributed by atoms with Crippen molar-refractivity contribution in [2.45, 2.75) is 0 Å². The van der Waals surface area contributed by atoms with Gasteiger partial charge in [0.2, 0.25) is 5.95 Å². The molecule has 0 amide bonds. The summed E-state index contributed by atoms with van der Waals surface area (Å²) < 4.78 is 4.74. The summed E-state index contributed by atoms with van der Waals surface area (Å²) in [6.45, 7) is 0. The van der Waals surface area contributed by atoms with Crippen LogP contribution in [0.2, 0.25) is 0 Å². The molecule has 0 saturated carbocycles. The Bertz CT molecular complexity index is 4580. The second-order valence-corrected chi connectivity index (χ2v) is 28.7. The third-order valence-corrected chi connectivity index (χ3v) is 26.2. The van der Waals surface area contributed by atoms with E-state index in [1.807, 2.05) is 6.07 Å². The van der Waals surface area contributed by atoms with Gasteiger partial charge in [0.05, 0.1) is 22.1 Å². The quantitative estimate of drug-likeness (QED) is 0.0905. The van der Waals surface area contributed by atoms with Crippen molar-refractivity contribution in [2.75, 3.05) is 0 Å². The van der Waals surface area contributed by atoms with Crippen molar-refractivity contribution in [1.82, 2.24) is 24.1 Å². The predicted molar refractivity (Wildman–Crippen MR) is 347 cm³/mol. The monoisotopic (exact) mass is 1080 g/mol. The van der Waals surface area contributed by atoms with E-state index in [4.69, 9.17) is 15.0 Å². The lowest BCUT2D eigenvalue weighted by Crippen LogP contribution is -2.74. The van der Waals surface area contributed by atoms with E-state index >= 15 is 0 Å². The van der Waals surface area contributed by atoms with Gasteiger partial charge in [-0.3, -0.25) is 4.57 Å². The molecule has 0 aliphatic carbocycles. The van der Waals surface area contributed by atoms with Crippen LogP contribution in [0.5, 0.6) is 0 Å². The SMILES string of the molecule is c1ccc(-c2nc(-c3cccc([Si](c4ccccc4)(c4ccccc4)c4ccccc4)c3)nc(-n3c4ccc([Si](c5ccccc5)(c5ccccc5)c5ccccc5)cc4c4ccc5c(c6ccccc6n5-c5ccccc5)c43)n2)cc1. The normalized spacial score (nSPS) is 11.9. The van der Waals surface area contributed by atoms with Crippen LogP contribution in [-0.4, -0.2) is 40.2 Å². The number of rotatable bonds is 12. The molecule has 5 nitrogen and oxygen atoms in total. The molecule has 0 radical (unpaired) electrons. The van der Waals surface area contributed by atoms with Gasteiger partial charge < -0.3 is 4.57 Å². The molecule has 386 valence electrons. The fourth-order valence-corrected chi connectivity index (χ4v) is 22.8. The Morgan fingerprint density at radius 1 is 0.244 bits per heavy atom. The van der Waals surface area contributed by atoms with Crippen molar-refractivity contribution in [3.8, 4) is 34.4 Å². The highest BCUT2D eigenvalue weighted by atomic mass is 28.3. The van der Waals surface area contributed by atoms with Gasteiger partial charge in [-0.1, -0.05) is 291 Å². The Balaban J connectivity index is 1.05. The summed E-state index contributed by atoms with van der Waals surface area (Å²) in [5.41, 5.74) is 7.18. The highest BCUT2D eigenvalue weighted by Gasteiger charge is 2.43. The van der Waals surface area contributed by atoms with Crippen molar-refractivity contribution < 1.29 is 0 Å². The number of fused-ring (bicyclic) bond motifs is 7. The number of hydrogen-bond acceptors (Lipinski definition) is 3. The molecule has 3 heterocycles. The van der Waals surface area contributed by atoms with E-state index in [1.165, 1.54) is 41.5 Å². The summed E-state index contributed by atoms with van der Waals surface area (Å²) in [5, 5.41) is 14.9. The Morgan fingerprint density at radius 2 is 0.634 bits per heavy atom. The molecule has 0 bridgehead atoms. The summed E-state index contributed by atoms with van der Waals surface area (Å²) in [5.74, 6) is 1.73. The van der Waals surface area contributed by atoms with E-state index in [1.54, 1.807) is 0 Å². The maximum atomic E-state index is 5.74. The minimum Gasteiger partial charge on any atom is -0.309 e. The average Bonchev–Trinajstić information content (AvgIpc) is 4.09. The first kappa shape index (κ1) is 48.8. The third kappa shape index (κ3) is 7.85. The second kappa shape index (κ2) is 20.4. The van der Waals surface area contributed by atoms with Gasteiger partial charge in [0, 0.05) is 38.4 Å². The van der Waals surface area contributed by atoms with Crippen molar-refractivity contribution in [3.05, 3.63) is 322 Å². The lowest BCUT2D eigenvalue weighted by molar-refractivity contribution is 0.955. The van der Waals surface area contributed by atoms with Crippen LogP contribution in [-0.2, 0) is 0 Å². The van der Waals surface area contributed by atoms with Crippen LogP contribution in [0.3, 0.4) is 0 Å². The van der Waals surface area contributed by atoms with Gasteiger partial charge in [0.15, 0.2) is 27.8 Å². The fourth-order valence-electron chi connectivity index (χ4n) is 13.2. The zero-order chi connectivity index (χ0) is 54.5. The lowest BCUT2D eigenvalue weighted by atomic mass is 10.1. The number of nitrogens with zero attached hydrogens (tertiary/aromatic N) is 5. The summed E-state index contributed by atoms with van der Waals surface area (Å²) in [4.78, 5) is 16.8. The Labute approximate surface area is 478 Å². The lowest BCUT2D eigenvalue weighted by Gasteiger charge is -2.34. The van der Waals surface area contributed by atoms with E-state index in [0.717, 1.165) is 60.4 Å². The molecule has 12 aromatic carbocycles. The van der Waals surface area contributed by atoms with Crippen LogP contribution in [0.1, 0.15) is 0 Å². The molecule has 15 aromatic rings. The highest BCUT2D eigenvalue weighted by Crippen LogP contribution is 2.42. The largest absolute Gasteiger partial charge is 0.309 e. The summed E-state index contributed by atoms with van der Waals surface area (Å²) in [7, 11) is -5.90. The minimum absolute atomic E-state index is 0.543. The van der Waals surface area contributed by atoms with Crippen LogP contribution < -0.4 is 41.5 Å². The smallest absolute Gasteiger partial charge is 0.238 e. The molecule has 0 aliphatic heterocycles.